The van der Waals surface area contributed by atoms with E-state index in [4.69, 9.17) is 16.3 Å². The van der Waals surface area contributed by atoms with Crippen molar-refractivity contribution >= 4 is 40.0 Å². The van der Waals surface area contributed by atoms with Gasteiger partial charge < -0.3 is 14.6 Å². The molecule has 2 aliphatic carbocycles. The van der Waals surface area contributed by atoms with Crippen LogP contribution in [0.25, 0.3) is 11.0 Å². The minimum absolute atomic E-state index is 0.00399. The number of fused-ring (bicyclic) bond motifs is 4. The largest absolute Gasteiger partial charge is 0.492 e. The van der Waals surface area contributed by atoms with Crippen molar-refractivity contribution in [2.24, 2.45) is 11.3 Å². The van der Waals surface area contributed by atoms with E-state index in [1.165, 1.54) is 6.07 Å². The summed E-state index contributed by atoms with van der Waals surface area (Å²) < 4.78 is 49.7. The lowest BCUT2D eigenvalue weighted by atomic mass is 9.73. The standard InChI is InChI=1S/C29H26ClF3N4O4/c1-27-13-21(23(27)25(27)39)37-22(38)14-34-20-12-16(11-18(24(20)37)29(31,32)33)41-9-8-36-6-4-28(5-7-36)17-10-15(30)2-3-19(17)35-26(28)40/h2-3,10-12,14,21,23H,4-9,13H2,1H3,(H,35,40)/t21-,23?,27+/m1/s1. The number of Topliss-reactive ketones (excluding diaryl/α,β-unsaturated/α-hetero) is 1. The monoisotopic (exact) mass is 586 g/mol. The summed E-state index contributed by atoms with van der Waals surface area (Å²) in [4.78, 5) is 43.9. The predicted molar refractivity (Wildman–Crippen MR) is 144 cm³/mol. The highest BCUT2D eigenvalue weighted by molar-refractivity contribution is 6.31. The molecule has 1 amide bonds. The molecule has 1 saturated heterocycles. The molecular weight excluding hydrogens is 561 g/mol. The van der Waals surface area contributed by atoms with Crippen LogP contribution in [0.15, 0.2) is 41.3 Å². The van der Waals surface area contributed by atoms with Crippen LogP contribution in [0.4, 0.5) is 18.9 Å². The van der Waals surface area contributed by atoms with E-state index in [1.807, 2.05) is 12.1 Å². The zero-order valence-electron chi connectivity index (χ0n) is 22.1. The van der Waals surface area contributed by atoms with E-state index in [-0.39, 0.29) is 35.1 Å². The van der Waals surface area contributed by atoms with E-state index in [2.05, 4.69) is 15.2 Å². The Morgan fingerprint density at radius 2 is 1.90 bits per heavy atom. The third-order valence-corrected chi connectivity index (χ3v) is 9.76. The third-order valence-electron chi connectivity index (χ3n) is 9.53. The number of carbonyl (C=O) groups is 2. The first-order chi connectivity index (χ1) is 19.4. The molecule has 4 aliphatic rings. The van der Waals surface area contributed by atoms with Gasteiger partial charge in [0.15, 0.2) is 0 Å². The Morgan fingerprint density at radius 3 is 2.56 bits per heavy atom. The summed E-state index contributed by atoms with van der Waals surface area (Å²) in [5.41, 5.74) is -1.49. The van der Waals surface area contributed by atoms with Gasteiger partial charge in [-0.2, -0.15) is 13.2 Å². The van der Waals surface area contributed by atoms with Crippen LogP contribution >= 0.6 is 11.6 Å². The molecule has 2 aromatic carbocycles. The second-order valence-electron chi connectivity index (χ2n) is 11.7. The normalized spacial score (nSPS) is 26.5. The molecule has 3 atom stereocenters. The number of rotatable bonds is 5. The molecular formula is C29H26ClF3N4O4. The Hall–Kier alpha value is -3.44. The number of ketones is 1. The smallest absolute Gasteiger partial charge is 0.418 e. The molecule has 41 heavy (non-hydrogen) atoms. The predicted octanol–water partition coefficient (Wildman–Crippen LogP) is 4.58. The van der Waals surface area contributed by atoms with Gasteiger partial charge in [-0.15, -0.1) is 0 Å². The van der Waals surface area contributed by atoms with Crippen LogP contribution in [0, 0.1) is 11.3 Å². The Bertz CT molecular complexity index is 1700. The van der Waals surface area contributed by atoms with Crippen LogP contribution in [0.5, 0.6) is 5.75 Å². The topological polar surface area (TPSA) is 93.5 Å². The Balaban J connectivity index is 1.08. The van der Waals surface area contributed by atoms with E-state index in [1.54, 1.807) is 13.0 Å². The summed E-state index contributed by atoms with van der Waals surface area (Å²) >= 11 is 6.19. The van der Waals surface area contributed by atoms with Gasteiger partial charge in [0.05, 0.1) is 34.1 Å². The van der Waals surface area contributed by atoms with E-state index in [0.29, 0.717) is 43.9 Å². The zero-order valence-corrected chi connectivity index (χ0v) is 22.8. The molecule has 214 valence electrons. The minimum atomic E-state index is -4.77. The first-order valence-electron chi connectivity index (χ1n) is 13.6. The zero-order chi connectivity index (χ0) is 28.9. The SMILES string of the molecule is C[C@]12C[C@@H](n3c(=O)cnc4cc(OCCN5CCC6(CC5)C(=O)Nc5ccc(Cl)cc56)cc(C(F)(F)F)c43)C1C2=O. The number of ether oxygens (including phenoxy) is 1. The average molecular weight is 587 g/mol. The molecule has 1 unspecified atom stereocenters. The van der Waals surface area contributed by atoms with Gasteiger partial charge in [-0.1, -0.05) is 18.5 Å². The van der Waals surface area contributed by atoms with Gasteiger partial charge in [-0.05, 0) is 62.2 Å². The molecule has 7 rings (SSSR count). The maximum Gasteiger partial charge on any atom is 0.418 e. The van der Waals surface area contributed by atoms with Crippen molar-refractivity contribution in [3.63, 3.8) is 0 Å². The molecule has 3 heterocycles. The van der Waals surface area contributed by atoms with Gasteiger partial charge in [0.2, 0.25) is 5.91 Å². The van der Waals surface area contributed by atoms with Crippen molar-refractivity contribution < 1.29 is 27.5 Å². The molecule has 12 heteroatoms. The molecule has 1 aromatic heterocycles. The molecule has 2 saturated carbocycles. The highest BCUT2D eigenvalue weighted by Gasteiger charge is 2.74. The molecule has 2 aliphatic heterocycles. The minimum Gasteiger partial charge on any atom is -0.492 e. The van der Waals surface area contributed by atoms with Crippen molar-refractivity contribution in [2.45, 2.75) is 43.8 Å². The lowest BCUT2D eigenvalue weighted by Gasteiger charge is -2.38. The number of halogens is 4. The first kappa shape index (κ1) is 26.5. The molecule has 3 aromatic rings. The fourth-order valence-corrected chi connectivity index (χ4v) is 7.31. The van der Waals surface area contributed by atoms with Gasteiger partial charge in [-0.3, -0.25) is 19.3 Å². The van der Waals surface area contributed by atoms with E-state index >= 15 is 0 Å². The number of aromatic nitrogens is 2. The van der Waals surface area contributed by atoms with Crippen molar-refractivity contribution in [2.75, 3.05) is 31.6 Å². The Labute approximate surface area is 237 Å². The number of hydrogen-bond acceptors (Lipinski definition) is 6. The maximum atomic E-state index is 14.3. The number of carbonyl (C=O) groups excluding carboxylic acids is 2. The number of piperidine rings is 1. The van der Waals surface area contributed by atoms with Crippen LogP contribution in [0.1, 0.15) is 43.4 Å². The summed E-state index contributed by atoms with van der Waals surface area (Å²) in [5, 5.41) is 3.52. The van der Waals surface area contributed by atoms with E-state index < -0.39 is 40.1 Å². The Kier molecular flexibility index (Phi) is 5.67. The van der Waals surface area contributed by atoms with Crippen molar-refractivity contribution in [1.82, 2.24) is 14.5 Å². The lowest BCUT2D eigenvalue weighted by Crippen LogP contribution is -2.47. The van der Waals surface area contributed by atoms with Crippen molar-refractivity contribution in [1.29, 1.82) is 0 Å². The van der Waals surface area contributed by atoms with E-state index in [0.717, 1.165) is 28.1 Å². The van der Waals surface area contributed by atoms with Crippen molar-refractivity contribution in [3.8, 4) is 5.75 Å². The van der Waals surface area contributed by atoms with Crippen LogP contribution < -0.4 is 15.6 Å². The molecule has 3 fully saturated rings. The second kappa shape index (κ2) is 8.78. The molecule has 8 nitrogen and oxygen atoms in total. The van der Waals surface area contributed by atoms with Crippen molar-refractivity contribution in [3.05, 3.63) is 63.0 Å². The molecule has 1 N–H and O–H groups in total. The van der Waals surface area contributed by atoms with Crippen LogP contribution in [0.2, 0.25) is 5.02 Å². The summed E-state index contributed by atoms with van der Waals surface area (Å²) in [5.74, 6) is -0.494. The van der Waals surface area contributed by atoms with Crippen LogP contribution in [-0.4, -0.2) is 52.4 Å². The number of nitrogens with one attached hydrogen (secondary N) is 1. The van der Waals surface area contributed by atoms with Gasteiger partial charge in [0, 0.05) is 34.8 Å². The Morgan fingerprint density at radius 1 is 1.15 bits per heavy atom. The molecule has 0 radical (unpaired) electrons. The van der Waals surface area contributed by atoms with Gasteiger partial charge in [-0.25, -0.2) is 4.98 Å². The first-order valence-corrected chi connectivity index (χ1v) is 13.9. The number of anilines is 1. The van der Waals surface area contributed by atoms with Gasteiger partial charge >= 0.3 is 6.18 Å². The summed E-state index contributed by atoms with van der Waals surface area (Å²) in [6, 6.07) is 7.10. The fourth-order valence-electron chi connectivity index (χ4n) is 7.14. The number of nitrogens with zero attached hydrogens (tertiary/aromatic N) is 3. The third kappa shape index (κ3) is 3.92. The summed E-state index contributed by atoms with van der Waals surface area (Å²) in [7, 11) is 0. The maximum absolute atomic E-state index is 14.3. The summed E-state index contributed by atoms with van der Waals surface area (Å²) in [6.07, 6.45) is -2.25. The molecule has 0 bridgehead atoms. The highest BCUT2D eigenvalue weighted by atomic mass is 35.5. The number of alkyl halides is 3. The van der Waals surface area contributed by atoms with E-state index in [9.17, 15) is 27.6 Å². The number of benzene rings is 2. The fraction of sp³-hybridized carbons (Fsp3) is 0.448. The average Bonchev–Trinajstić information content (AvgIpc) is 3.19. The number of hydrogen-bond donors (Lipinski definition) is 1. The van der Waals surface area contributed by atoms with Gasteiger partial charge in [0.25, 0.3) is 5.56 Å². The van der Waals surface area contributed by atoms with Crippen LogP contribution in [0.3, 0.4) is 0 Å². The van der Waals surface area contributed by atoms with Gasteiger partial charge in [0.1, 0.15) is 18.1 Å². The second-order valence-corrected chi connectivity index (χ2v) is 12.2. The summed E-state index contributed by atoms with van der Waals surface area (Å²) in [6.45, 7) is 3.59. The quantitative estimate of drug-likeness (QED) is 0.470. The number of likely N-dealkylation sites (tertiary alicyclic amines) is 1. The molecule has 1 spiro atoms. The number of amides is 1. The lowest BCUT2D eigenvalue weighted by molar-refractivity contribution is -0.136. The van der Waals surface area contributed by atoms with Crippen LogP contribution in [-0.2, 0) is 21.2 Å². The highest BCUT2D eigenvalue weighted by Crippen LogP contribution is 2.69.